The van der Waals surface area contributed by atoms with E-state index < -0.39 is 0 Å². The lowest BCUT2D eigenvalue weighted by molar-refractivity contribution is -0.120. The first-order valence-electron chi connectivity index (χ1n) is 7.49. The zero-order valence-corrected chi connectivity index (χ0v) is 12.7. The fourth-order valence-electron chi connectivity index (χ4n) is 2.07. The van der Waals surface area contributed by atoms with Crippen LogP contribution in [0.1, 0.15) is 22.3 Å². The first-order chi connectivity index (χ1) is 11.1. The third-order valence-corrected chi connectivity index (χ3v) is 3.32. The van der Waals surface area contributed by atoms with Gasteiger partial charge in [0.05, 0.1) is 0 Å². The maximum atomic E-state index is 12.8. The van der Waals surface area contributed by atoms with Gasteiger partial charge in [-0.05, 0) is 36.2 Å². The molecule has 120 valence electrons. The van der Waals surface area contributed by atoms with Crippen LogP contribution in [-0.4, -0.2) is 24.9 Å². The van der Waals surface area contributed by atoms with Crippen LogP contribution in [0.4, 0.5) is 4.39 Å². The minimum Gasteiger partial charge on any atom is -0.356 e. The van der Waals surface area contributed by atoms with Crippen molar-refractivity contribution in [3.05, 3.63) is 71.5 Å². The van der Waals surface area contributed by atoms with Gasteiger partial charge in [0, 0.05) is 25.1 Å². The Morgan fingerprint density at radius 3 is 2.26 bits per heavy atom. The summed E-state index contributed by atoms with van der Waals surface area (Å²) in [6.07, 6.45) is 0.865. The first-order valence-corrected chi connectivity index (χ1v) is 7.49. The molecule has 4 nitrogen and oxygen atoms in total. The second-order valence-corrected chi connectivity index (χ2v) is 5.10. The third kappa shape index (κ3) is 5.90. The summed E-state index contributed by atoms with van der Waals surface area (Å²) in [5.74, 6) is -0.586. The van der Waals surface area contributed by atoms with E-state index in [4.69, 9.17) is 0 Å². The topological polar surface area (TPSA) is 58.2 Å². The average molecular weight is 314 g/mol. The van der Waals surface area contributed by atoms with Crippen molar-refractivity contribution in [1.29, 1.82) is 0 Å². The van der Waals surface area contributed by atoms with Crippen LogP contribution in [0.25, 0.3) is 0 Å². The van der Waals surface area contributed by atoms with E-state index in [1.165, 1.54) is 12.1 Å². The Labute approximate surface area is 134 Å². The van der Waals surface area contributed by atoms with Crippen molar-refractivity contribution in [2.45, 2.75) is 12.8 Å². The third-order valence-electron chi connectivity index (χ3n) is 3.32. The highest BCUT2D eigenvalue weighted by Crippen LogP contribution is 2.02. The molecule has 2 aromatic carbocycles. The molecule has 0 fully saturated rings. The zero-order valence-electron chi connectivity index (χ0n) is 12.7. The monoisotopic (exact) mass is 314 g/mol. The van der Waals surface area contributed by atoms with E-state index in [0.717, 1.165) is 5.56 Å². The van der Waals surface area contributed by atoms with Crippen LogP contribution in [-0.2, 0) is 11.2 Å². The van der Waals surface area contributed by atoms with Crippen LogP contribution >= 0.6 is 0 Å². The van der Waals surface area contributed by atoms with Crippen molar-refractivity contribution in [3.8, 4) is 0 Å². The minimum atomic E-state index is -0.271. The molecule has 0 aliphatic carbocycles. The zero-order chi connectivity index (χ0) is 16.5. The van der Waals surface area contributed by atoms with Crippen LogP contribution in [0.3, 0.4) is 0 Å². The van der Waals surface area contributed by atoms with Crippen LogP contribution in [0.5, 0.6) is 0 Å². The molecule has 0 bridgehead atoms. The maximum absolute atomic E-state index is 12.8. The number of carbonyl (C=O) groups is 2. The van der Waals surface area contributed by atoms with Crippen molar-refractivity contribution in [2.24, 2.45) is 0 Å². The molecule has 2 rings (SSSR count). The lowest BCUT2D eigenvalue weighted by Crippen LogP contribution is -2.31. The van der Waals surface area contributed by atoms with Crippen molar-refractivity contribution < 1.29 is 14.0 Å². The van der Waals surface area contributed by atoms with Gasteiger partial charge in [0.1, 0.15) is 5.82 Å². The second-order valence-electron chi connectivity index (χ2n) is 5.10. The molecule has 2 aromatic rings. The van der Waals surface area contributed by atoms with E-state index in [1.807, 2.05) is 6.07 Å². The van der Waals surface area contributed by atoms with E-state index in [2.05, 4.69) is 10.6 Å². The smallest absolute Gasteiger partial charge is 0.251 e. The summed E-state index contributed by atoms with van der Waals surface area (Å²) < 4.78 is 12.8. The Morgan fingerprint density at radius 1 is 0.870 bits per heavy atom. The highest BCUT2D eigenvalue weighted by Gasteiger charge is 2.05. The standard InChI is InChI=1S/C18H19FN2O2/c19-16-8-6-14(7-9-16)10-12-20-17(22)11-13-21-18(23)15-4-2-1-3-5-15/h1-9H,10-13H2,(H,20,22)(H,21,23). The number of hydrogen-bond donors (Lipinski definition) is 2. The lowest BCUT2D eigenvalue weighted by atomic mass is 10.1. The number of carbonyl (C=O) groups excluding carboxylic acids is 2. The van der Waals surface area contributed by atoms with Gasteiger partial charge < -0.3 is 10.6 Å². The molecule has 0 radical (unpaired) electrons. The summed E-state index contributed by atoms with van der Waals surface area (Å²) in [6, 6.07) is 15.0. The quantitative estimate of drug-likeness (QED) is 0.824. The van der Waals surface area contributed by atoms with E-state index >= 15 is 0 Å². The number of benzene rings is 2. The Morgan fingerprint density at radius 2 is 1.57 bits per heavy atom. The molecule has 0 spiro atoms. The molecule has 5 heteroatoms. The van der Waals surface area contributed by atoms with Crippen molar-refractivity contribution in [2.75, 3.05) is 13.1 Å². The number of amides is 2. The first kappa shape index (κ1) is 16.7. The van der Waals surface area contributed by atoms with Crippen LogP contribution in [0.2, 0.25) is 0 Å². The molecule has 0 aliphatic rings. The molecule has 0 aliphatic heterocycles. The number of halogens is 1. The van der Waals surface area contributed by atoms with Gasteiger partial charge in [-0.15, -0.1) is 0 Å². The number of nitrogens with one attached hydrogen (secondary N) is 2. The van der Waals surface area contributed by atoms with Crippen molar-refractivity contribution in [3.63, 3.8) is 0 Å². The molecule has 2 amide bonds. The lowest BCUT2D eigenvalue weighted by Gasteiger charge is -2.07. The molecule has 0 saturated heterocycles. The maximum Gasteiger partial charge on any atom is 0.251 e. The molecular formula is C18H19FN2O2. The fraction of sp³-hybridized carbons (Fsp3) is 0.222. The fourth-order valence-corrected chi connectivity index (χ4v) is 2.07. The van der Waals surface area contributed by atoms with E-state index in [-0.39, 0.29) is 30.6 Å². The summed E-state index contributed by atoms with van der Waals surface area (Å²) >= 11 is 0. The average Bonchev–Trinajstić information content (AvgIpc) is 2.57. The second kappa shape index (κ2) is 8.68. The van der Waals surface area contributed by atoms with Gasteiger partial charge in [-0.1, -0.05) is 30.3 Å². The number of hydrogen-bond acceptors (Lipinski definition) is 2. The van der Waals surface area contributed by atoms with Gasteiger partial charge in [-0.25, -0.2) is 4.39 Å². The van der Waals surface area contributed by atoms with Gasteiger partial charge in [0.15, 0.2) is 0 Å². The van der Waals surface area contributed by atoms with Gasteiger partial charge >= 0.3 is 0 Å². The highest BCUT2D eigenvalue weighted by molar-refractivity contribution is 5.94. The van der Waals surface area contributed by atoms with Crippen LogP contribution in [0.15, 0.2) is 54.6 Å². The molecule has 0 atom stereocenters. The summed E-state index contributed by atoms with van der Waals surface area (Å²) in [5.41, 5.74) is 1.54. The van der Waals surface area contributed by atoms with Gasteiger partial charge in [-0.2, -0.15) is 0 Å². The summed E-state index contributed by atoms with van der Waals surface area (Å²) in [7, 11) is 0. The Balaban J connectivity index is 1.62. The molecule has 0 unspecified atom stereocenters. The minimum absolute atomic E-state index is 0.125. The summed E-state index contributed by atoms with van der Waals surface area (Å²) in [6.45, 7) is 0.771. The van der Waals surface area contributed by atoms with E-state index in [0.29, 0.717) is 18.5 Å². The highest BCUT2D eigenvalue weighted by atomic mass is 19.1. The Kier molecular flexibility index (Phi) is 6.29. The number of rotatable bonds is 7. The molecule has 0 heterocycles. The van der Waals surface area contributed by atoms with Gasteiger partial charge in [0.2, 0.25) is 5.91 Å². The molecule has 23 heavy (non-hydrogen) atoms. The largest absolute Gasteiger partial charge is 0.356 e. The normalized spacial score (nSPS) is 10.1. The Hall–Kier alpha value is -2.69. The van der Waals surface area contributed by atoms with Crippen molar-refractivity contribution in [1.82, 2.24) is 10.6 Å². The molecule has 2 N–H and O–H groups in total. The SMILES string of the molecule is O=C(CCNC(=O)c1ccccc1)NCCc1ccc(F)cc1. The summed E-state index contributed by atoms with van der Waals surface area (Å²) in [4.78, 5) is 23.5. The van der Waals surface area contributed by atoms with E-state index in [9.17, 15) is 14.0 Å². The predicted octanol–water partition coefficient (Wildman–Crippen LogP) is 2.30. The van der Waals surface area contributed by atoms with Gasteiger partial charge in [-0.3, -0.25) is 9.59 Å². The molecule has 0 saturated carbocycles. The van der Waals surface area contributed by atoms with E-state index in [1.54, 1.807) is 36.4 Å². The molecular weight excluding hydrogens is 295 g/mol. The summed E-state index contributed by atoms with van der Waals surface area (Å²) in [5, 5.41) is 5.48. The van der Waals surface area contributed by atoms with Crippen LogP contribution < -0.4 is 10.6 Å². The molecule has 0 aromatic heterocycles. The van der Waals surface area contributed by atoms with Crippen molar-refractivity contribution >= 4 is 11.8 Å². The predicted molar refractivity (Wildman–Crippen MR) is 86.5 cm³/mol. The Bertz CT molecular complexity index is 642. The van der Waals surface area contributed by atoms with Gasteiger partial charge in [0.25, 0.3) is 5.91 Å². The van der Waals surface area contributed by atoms with Crippen LogP contribution in [0, 0.1) is 5.82 Å².